The molecule has 2 aromatic heterocycles. The molecule has 0 aliphatic heterocycles. The van der Waals surface area contributed by atoms with E-state index < -0.39 is 0 Å². The predicted molar refractivity (Wildman–Crippen MR) is 141 cm³/mol. The first kappa shape index (κ1) is 19.8. The quantitative estimate of drug-likeness (QED) is 0.247. The van der Waals surface area contributed by atoms with Gasteiger partial charge in [-0.2, -0.15) is 0 Å². The molecule has 0 aliphatic carbocycles. The molecular weight excluding hydrogens is 470 g/mol. The van der Waals surface area contributed by atoms with Crippen LogP contribution in [0.4, 0.5) is 17.1 Å². The SMILES string of the molecule is Brc1cc(N(c2ccccc2)c2cccnc2)cc(-n2c3ccccc3c3ccccc32)c1. The number of hydrogen-bond acceptors (Lipinski definition) is 2. The van der Waals surface area contributed by atoms with Crippen LogP contribution >= 0.6 is 15.9 Å². The summed E-state index contributed by atoms with van der Waals surface area (Å²) in [6, 6.07) is 38.2. The van der Waals surface area contributed by atoms with Crippen molar-refractivity contribution in [2.24, 2.45) is 0 Å². The third kappa shape index (κ3) is 3.49. The monoisotopic (exact) mass is 489 g/mol. The molecule has 0 unspecified atom stereocenters. The van der Waals surface area contributed by atoms with E-state index in [0.29, 0.717) is 0 Å². The van der Waals surface area contributed by atoms with E-state index in [1.54, 1.807) is 6.20 Å². The first-order chi connectivity index (χ1) is 16.3. The molecule has 0 radical (unpaired) electrons. The molecule has 158 valence electrons. The lowest BCUT2D eigenvalue weighted by Crippen LogP contribution is -2.10. The van der Waals surface area contributed by atoms with Gasteiger partial charge in [-0.15, -0.1) is 0 Å². The van der Waals surface area contributed by atoms with Gasteiger partial charge in [0.2, 0.25) is 0 Å². The second kappa shape index (κ2) is 8.23. The number of rotatable bonds is 4. The third-order valence-electron chi connectivity index (χ3n) is 5.88. The van der Waals surface area contributed by atoms with Crippen LogP contribution in [-0.2, 0) is 0 Å². The van der Waals surface area contributed by atoms with E-state index >= 15 is 0 Å². The van der Waals surface area contributed by atoms with E-state index in [9.17, 15) is 0 Å². The number of hydrogen-bond donors (Lipinski definition) is 0. The van der Waals surface area contributed by atoms with Crippen molar-refractivity contribution in [1.29, 1.82) is 0 Å². The molecule has 0 bridgehead atoms. The topological polar surface area (TPSA) is 21.1 Å². The molecule has 0 fully saturated rings. The minimum Gasteiger partial charge on any atom is -0.309 e. The Hall–Kier alpha value is -3.89. The summed E-state index contributed by atoms with van der Waals surface area (Å²) in [6.45, 7) is 0. The molecule has 33 heavy (non-hydrogen) atoms. The Kier molecular flexibility index (Phi) is 4.93. The molecular formula is C29H20BrN3. The predicted octanol–water partition coefficient (Wildman–Crippen LogP) is 8.41. The van der Waals surface area contributed by atoms with Crippen molar-refractivity contribution < 1.29 is 0 Å². The molecule has 3 nitrogen and oxygen atoms in total. The summed E-state index contributed by atoms with van der Waals surface area (Å²) < 4.78 is 3.35. The summed E-state index contributed by atoms with van der Waals surface area (Å²) in [7, 11) is 0. The molecule has 4 heteroatoms. The van der Waals surface area contributed by atoms with Crippen LogP contribution in [0.3, 0.4) is 0 Å². The number of fused-ring (bicyclic) bond motifs is 3. The van der Waals surface area contributed by atoms with E-state index in [-0.39, 0.29) is 0 Å². The van der Waals surface area contributed by atoms with Gasteiger partial charge in [-0.1, -0.05) is 70.5 Å². The van der Waals surface area contributed by atoms with E-state index in [1.807, 2.05) is 18.3 Å². The fraction of sp³-hybridized carbons (Fsp3) is 0. The average molecular weight is 490 g/mol. The smallest absolute Gasteiger partial charge is 0.0644 e. The highest BCUT2D eigenvalue weighted by Gasteiger charge is 2.17. The van der Waals surface area contributed by atoms with Gasteiger partial charge in [0, 0.05) is 38.5 Å². The first-order valence-electron chi connectivity index (χ1n) is 10.8. The number of pyridine rings is 1. The van der Waals surface area contributed by atoms with Gasteiger partial charge in [0.25, 0.3) is 0 Å². The van der Waals surface area contributed by atoms with Crippen LogP contribution in [0.5, 0.6) is 0 Å². The van der Waals surface area contributed by atoms with Crippen LogP contribution in [0, 0.1) is 0 Å². The van der Waals surface area contributed by atoms with Crippen LogP contribution in [0.1, 0.15) is 0 Å². The third-order valence-corrected chi connectivity index (χ3v) is 6.34. The fourth-order valence-corrected chi connectivity index (χ4v) is 5.00. The lowest BCUT2D eigenvalue weighted by molar-refractivity contribution is 1.16. The van der Waals surface area contributed by atoms with Gasteiger partial charge < -0.3 is 9.47 Å². The number of halogens is 1. The molecule has 6 rings (SSSR count). The summed E-state index contributed by atoms with van der Waals surface area (Å²) in [6.07, 6.45) is 3.70. The van der Waals surface area contributed by atoms with Gasteiger partial charge in [0.05, 0.1) is 22.9 Å². The molecule has 0 amide bonds. The zero-order valence-electron chi connectivity index (χ0n) is 17.8. The normalized spacial score (nSPS) is 11.2. The zero-order chi connectivity index (χ0) is 22.2. The average Bonchev–Trinajstić information content (AvgIpc) is 3.20. The highest BCUT2D eigenvalue weighted by atomic mass is 79.9. The van der Waals surface area contributed by atoms with Crippen LogP contribution in [0.15, 0.2) is 126 Å². The van der Waals surface area contributed by atoms with Gasteiger partial charge in [-0.05, 0) is 54.6 Å². The van der Waals surface area contributed by atoms with Crippen LogP contribution in [-0.4, -0.2) is 9.55 Å². The lowest BCUT2D eigenvalue weighted by atomic mass is 10.2. The number of para-hydroxylation sites is 3. The van der Waals surface area contributed by atoms with E-state index in [4.69, 9.17) is 0 Å². The molecule has 0 saturated carbocycles. The number of aromatic nitrogens is 2. The summed E-state index contributed by atoms with van der Waals surface area (Å²) in [4.78, 5) is 6.61. The molecule has 0 N–H and O–H groups in total. The van der Waals surface area contributed by atoms with Crippen molar-refractivity contribution in [3.05, 3.63) is 126 Å². The van der Waals surface area contributed by atoms with Crippen LogP contribution in [0.2, 0.25) is 0 Å². The maximum atomic E-state index is 4.37. The van der Waals surface area contributed by atoms with Gasteiger partial charge in [0.15, 0.2) is 0 Å². The van der Waals surface area contributed by atoms with Crippen molar-refractivity contribution in [2.75, 3.05) is 4.90 Å². The Balaban J connectivity index is 1.62. The zero-order valence-corrected chi connectivity index (χ0v) is 19.4. The highest BCUT2D eigenvalue weighted by Crippen LogP contribution is 2.39. The molecule has 2 heterocycles. The standard InChI is InChI=1S/C29H20BrN3/c30-21-17-24(32(22-9-2-1-3-10-22)23-11-8-16-31-20-23)19-25(18-21)33-28-14-6-4-12-26(28)27-13-5-7-15-29(27)33/h1-20H. The summed E-state index contributed by atoms with van der Waals surface area (Å²) >= 11 is 3.78. The Morgan fingerprint density at radius 1 is 0.606 bits per heavy atom. The largest absolute Gasteiger partial charge is 0.309 e. The molecule has 0 atom stereocenters. The van der Waals surface area contributed by atoms with Gasteiger partial charge in [0.1, 0.15) is 0 Å². The molecule has 6 aromatic rings. The van der Waals surface area contributed by atoms with Crippen LogP contribution < -0.4 is 4.90 Å². The number of benzene rings is 4. The maximum Gasteiger partial charge on any atom is 0.0644 e. The molecule has 0 spiro atoms. The summed E-state index contributed by atoms with van der Waals surface area (Å²) in [5, 5.41) is 2.50. The van der Waals surface area contributed by atoms with E-state index in [2.05, 4.69) is 127 Å². The van der Waals surface area contributed by atoms with Crippen molar-refractivity contribution in [3.8, 4) is 5.69 Å². The molecule has 0 saturated heterocycles. The first-order valence-corrected chi connectivity index (χ1v) is 11.6. The van der Waals surface area contributed by atoms with E-state index in [0.717, 1.165) is 27.2 Å². The summed E-state index contributed by atoms with van der Waals surface area (Å²) in [5.74, 6) is 0. The van der Waals surface area contributed by atoms with Gasteiger partial charge >= 0.3 is 0 Å². The Morgan fingerprint density at radius 3 is 1.91 bits per heavy atom. The summed E-state index contributed by atoms with van der Waals surface area (Å²) in [5.41, 5.74) is 6.62. The highest BCUT2D eigenvalue weighted by molar-refractivity contribution is 9.10. The minimum absolute atomic E-state index is 1.01. The molecule has 4 aromatic carbocycles. The van der Waals surface area contributed by atoms with Crippen molar-refractivity contribution in [1.82, 2.24) is 9.55 Å². The Labute approximate surface area is 200 Å². The number of anilines is 3. The van der Waals surface area contributed by atoms with Gasteiger partial charge in [-0.3, -0.25) is 4.98 Å². The maximum absolute atomic E-state index is 4.37. The van der Waals surface area contributed by atoms with Crippen LogP contribution in [0.25, 0.3) is 27.5 Å². The number of nitrogens with zero attached hydrogens (tertiary/aromatic N) is 3. The molecule has 0 aliphatic rings. The Bertz CT molecular complexity index is 1480. The minimum atomic E-state index is 1.01. The van der Waals surface area contributed by atoms with Crippen molar-refractivity contribution in [3.63, 3.8) is 0 Å². The van der Waals surface area contributed by atoms with E-state index in [1.165, 1.54) is 21.8 Å². The fourth-order valence-electron chi connectivity index (χ4n) is 4.53. The lowest BCUT2D eigenvalue weighted by Gasteiger charge is -2.26. The van der Waals surface area contributed by atoms with Crippen molar-refractivity contribution >= 4 is 54.8 Å². The Morgan fingerprint density at radius 2 is 1.24 bits per heavy atom. The van der Waals surface area contributed by atoms with Gasteiger partial charge in [-0.25, -0.2) is 0 Å². The second-order valence-electron chi connectivity index (χ2n) is 7.92. The second-order valence-corrected chi connectivity index (χ2v) is 8.84. The van der Waals surface area contributed by atoms with Crippen molar-refractivity contribution in [2.45, 2.75) is 0 Å².